The number of anilines is 1. The molecule has 0 unspecified atom stereocenters. The summed E-state index contributed by atoms with van der Waals surface area (Å²) in [6.07, 6.45) is -5.05. The Morgan fingerprint density at radius 3 is 2.35 bits per heavy atom. The van der Waals surface area contributed by atoms with Crippen molar-refractivity contribution in [2.45, 2.75) is 6.18 Å². The number of amides is 1. The predicted molar refractivity (Wildman–Crippen MR) is 50.6 cm³/mol. The lowest BCUT2D eigenvalue weighted by Gasteiger charge is -2.09. The number of nitriles is 2. The highest BCUT2D eigenvalue weighted by molar-refractivity contribution is 5.96. The smallest absolute Gasteiger partial charge is 0.317 e. The fraction of sp³-hybridized carbons (Fsp3) is 0.100. The summed E-state index contributed by atoms with van der Waals surface area (Å²) in [7, 11) is 0. The zero-order valence-electron chi connectivity index (χ0n) is 8.17. The van der Waals surface area contributed by atoms with Gasteiger partial charge in [-0.25, -0.2) is 0 Å². The molecule has 0 radical (unpaired) electrons. The van der Waals surface area contributed by atoms with Gasteiger partial charge in [-0.2, -0.15) is 23.7 Å². The van der Waals surface area contributed by atoms with Crippen molar-refractivity contribution in [2.24, 2.45) is 0 Å². The number of alkyl halides is 3. The highest BCUT2D eigenvalue weighted by Crippen LogP contribution is 2.21. The number of hydrogen-bond acceptors (Lipinski definition) is 3. The summed E-state index contributed by atoms with van der Waals surface area (Å²) < 4.78 is 36.0. The minimum atomic E-state index is -5.05. The molecule has 17 heavy (non-hydrogen) atoms. The fourth-order valence-corrected chi connectivity index (χ4v) is 1.01. The summed E-state index contributed by atoms with van der Waals surface area (Å²) in [5.41, 5.74) is -0.447. The van der Waals surface area contributed by atoms with E-state index in [4.69, 9.17) is 10.5 Å². The fourth-order valence-electron chi connectivity index (χ4n) is 1.01. The number of benzene rings is 1. The molecule has 1 aromatic rings. The van der Waals surface area contributed by atoms with Crippen molar-refractivity contribution in [3.05, 3.63) is 29.3 Å². The van der Waals surface area contributed by atoms with E-state index in [-0.39, 0.29) is 16.8 Å². The molecule has 0 atom stereocenters. The maximum Gasteiger partial charge on any atom is 0.471 e. The summed E-state index contributed by atoms with van der Waals surface area (Å²) >= 11 is 0. The maximum atomic E-state index is 12.0. The standard InChI is InChI=1S/C10H4F3N3O/c11-10(12,13)9(17)16-8-3-6(4-14)1-2-7(8)5-15/h1-3H,(H,16,17). The van der Waals surface area contributed by atoms with Crippen molar-refractivity contribution < 1.29 is 18.0 Å². The number of halogens is 3. The number of carbonyl (C=O) groups excluding carboxylic acids is 1. The highest BCUT2D eigenvalue weighted by Gasteiger charge is 2.39. The normalized spacial score (nSPS) is 10.2. The average molecular weight is 239 g/mol. The van der Waals surface area contributed by atoms with Gasteiger partial charge in [-0.1, -0.05) is 0 Å². The quantitative estimate of drug-likeness (QED) is 0.813. The third-order valence-corrected chi connectivity index (χ3v) is 1.77. The Kier molecular flexibility index (Phi) is 3.34. The van der Waals surface area contributed by atoms with Crippen LogP contribution >= 0.6 is 0 Å². The van der Waals surface area contributed by atoms with Gasteiger partial charge < -0.3 is 5.32 Å². The molecular weight excluding hydrogens is 235 g/mol. The summed E-state index contributed by atoms with van der Waals surface area (Å²) in [6, 6.07) is 6.73. The Balaban J connectivity index is 3.10. The zero-order chi connectivity index (χ0) is 13.1. The SMILES string of the molecule is N#Cc1ccc(C#N)c(NC(=O)C(F)(F)F)c1. The van der Waals surface area contributed by atoms with Crippen LogP contribution in [0.25, 0.3) is 0 Å². The van der Waals surface area contributed by atoms with E-state index >= 15 is 0 Å². The Morgan fingerprint density at radius 2 is 1.88 bits per heavy atom. The molecular formula is C10H4F3N3O. The van der Waals surface area contributed by atoms with E-state index in [1.54, 1.807) is 12.1 Å². The Bertz CT molecular complexity index is 537. The van der Waals surface area contributed by atoms with Gasteiger partial charge in [0, 0.05) is 0 Å². The number of carbonyl (C=O) groups is 1. The first-order chi connectivity index (χ1) is 7.88. The average Bonchev–Trinajstić information content (AvgIpc) is 2.27. The minimum Gasteiger partial charge on any atom is -0.317 e. The molecule has 4 nitrogen and oxygen atoms in total. The molecule has 0 saturated heterocycles. The first kappa shape index (κ1) is 12.5. The maximum absolute atomic E-state index is 12.0. The van der Waals surface area contributed by atoms with Gasteiger partial charge in [0.2, 0.25) is 0 Å². The topological polar surface area (TPSA) is 76.7 Å². The number of nitrogens with one attached hydrogen (secondary N) is 1. The molecule has 0 aromatic heterocycles. The van der Waals surface area contributed by atoms with Crippen molar-refractivity contribution in [3.8, 4) is 12.1 Å². The number of rotatable bonds is 1. The predicted octanol–water partition coefficient (Wildman–Crippen LogP) is 1.93. The van der Waals surface area contributed by atoms with Gasteiger partial charge in [-0.15, -0.1) is 0 Å². The first-order valence-electron chi connectivity index (χ1n) is 4.21. The molecule has 0 fully saturated rings. The Hall–Kier alpha value is -2.54. The summed E-state index contributed by atoms with van der Waals surface area (Å²) in [5, 5.41) is 18.7. The lowest BCUT2D eigenvalue weighted by atomic mass is 10.1. The lowest BCUT2D eigenvalue weighted by Crippen LogP contribution is -2.30. The molecule has 0 heterocycles. The molecule has 1 N–H and O–H groups in total. The molecule has 1 aromatic carbocycles. The van der Waals surface area contributed by atoms with E-state index < -0.39 is 12.1 Å². The molecule has 0 spiro atoms. The summed E-state index contributed by atoms with van der Waals surface area (Å²) in [4.78, 5) is 10.7. The molecule has 7 heteroatoms. The van der Waals surface area contributed by atoms with Crippen LogP contribution in [-0.4, -0.2) is 12.1 Å². The van der Waals surface area contributed by atoms with Gasteiger partial charge in [0.05, 0.1) is 22.9 Å². The van der Waals surface area contributed by atoms with Crippen molar-refractivity contribution in [1.29, 1.82) is 10.5 Å². The van der Waals surface area contributed by atoms with Crippen LogP contribution in [0.2, 0.25) is 0 Å². The van der Waals surface area contributed by atoms with Gasteiger partial charge in [0.25, 0.3) is 0 Å². The Labute approximate surface area is 93.9 Å². The second-order valence-electron chi connectivity index (χ2n) is 2.94. The molecule has 0 aliphatic heterocycles. The van der Waals surface area contributed by atoms with Crippen molar-refractivity contribution in [3.63, 3.8) is 0 Å². The van der Waals surface area contributed by atoms with E-state index in [1.807, 2.05) is 0 Å². The minimum absolute atomic E-state index is 0.0430. The summed E-state index contributed by atoms with van der Waals surface area (Å²) in [6.45, 7) is 0. The molecule has 1 amide bonds. The van der Waals surface area contributed by atoms with Crippen molar-refractivity contribution >= 4 is 11.6 Å². The molecule has 0 saturated carbocycles. The molecule has 1 rings (SSSR count). The van der Waals surface area contributed by atoms with E-state index in [1.165, 1.54) is 11.4 Å². The van der Waals surface area contributed by atoms with E-state index in [0.29, 0.717) is 0 Å². The molecule has 86 valence electrons. The van der Waals surface area contributed by atoms with Gasteiger partial charge in [0.15, 0.2) is 0 Å². The van der Waals surface area contributed by atoms with Crippen LogP contribution in [0, 0.1) is 22.7 Å². The second kappa shape index (κ2) is 4.54. The first-order valence-corrected chi connectivity index (χ1v) is 4.21. The van der Waals surface area contributed by atoms with Crippen LogP contribution < -0.4 is 5.32 Å². The van der Waals surface area contributed by atoms with Crippen molar-refractivity contribution in [1.82, 2.24) is 0 Å². The molecule has 0 bridgehead atoms. The van der Waals surface area contributed by atoms with Gasteiger partial charge >= 0.3 is 12.1 Å². The second-order valence-corrected chi connectivity index (χ2v) is 2.94. The molecule has 0 aliphatic carbocycles. The van der Waals surface area contributed by atoms with Crippen LogP contribution in [0.4, 0.5) is 18.9 Å². The van der Waals surface area contributed by atoms with Crippen LogP contribution in [0.15, 0.2) is 18.2 Å². The van der Waals surface area contributed by atoms with E-state index in [0.717, 1.165) is 12.1 Å². The largest absolute Gasteiger partial charge is 0.471 e. The van der Waals surface area contributed by atoms with E-state index in [9.17, 15) is 18.0 Å². The lowest BCUT2D eigenvalue weighted by molar-refractivity contribution is -0.167. The third-order valence-electron chi connectivity index (χ3n) is 1.77. The van der Waals surface area contributed by atoms with Crippen LogP contribution in [0.1, 0.15) is 11.1 Å². The van der Waals surface area contributed by atoms with E-state index in [2.05, 4.69) is 0 Å². The van der Waals surface area contributed by atoms with Gasteiger partial charge in [-0.3, -0.25) is 4.79 Å². The number of hydrogen-bond donors (Lipinski definition) is 1. The highest BCUT2D eigenvalue weighted by atomic mass is 19.4. The zero-order valence-corrected chi connectivity index (χ0v) is 8.17. The van der Waals surface area contributed by atoms with Gasteiger partial charge in [-0.05, 0) is 18.2 Å². The molecule has 0 aliphatic rings. The Morgan fingerprint density at radius 1 is 1.24 bits per heavy atom. The van der Waals surface area contributed by atoms with Crippen LogP contribution in [-0.2, 0) is 4.79 Å². The number of nitrogens with zero attached hydrogens (tertiary/aromatic N) is 2. The summed E-state index contributed by atoms with van der Waals surface area (Å²) in [5.74, 6) is -2.19. The van der Waals surface area contributed by atoms with Crippen LogP contribution in [0.5, 0.6) is 0 Å². The third kappa shape index (κ3) is 2.95. The van der Waals surface area contributed by atoms with Gasteiger partial charge in [0.1, 0.15) is 6.07 Å². The van der Waals surface area contributed by atoms with Crippen LogP contribution in [0.3, 0.4) is 0 Å². The van der Waals surface area contributed by atoms with Crippen molar-refractivity contribution in [2.75, 3.05) is 5.32 Å². The monoisotopic (exact) mass is 239 g/mol.